The van der Waals surface area contributed by atoms with Crippen molar-refractivity contribution in [1.82, 2.24) is 13.7 Å². The lowest BCUT2D eigenvalue weighted by atomic mass is 9.83. The Bertz CT molecular complexity index is 2980. The molecule has 0 saturated carbocycles. The van der Waals surface area contributed by atoms with E-state index in [9.17, 15) is 0 Å². The maximum atomic E-state index is 2.51. The van der Waals surface area contributed by atoms with Crippen molar-refractivity contribution in [2.75, 3.05) is 4.90 Å². The standard InChI is InChI=1S/C49H36N4.C2H6/c1-49(2)42-23-13-15-25-44(42)53-47(49)32-41-38-22-12-14-24-43(38)52(48(41)53)37-27-29-40-39-28-26-36(30-45(39)51(46(40)31-37)35-20-10-5-11-21-35)50(33-16-6-3-7-17-33)34-18-8-4-9-19-34;1-2/h3-32H,1-2H3;1-2H3. The van der Waals surface area contributed by atoms with Crippen molar-refractivity contribution >= 4 is 60.8 Å². The zero-order chi connectivity index (χ0) is 37.3. The molecule has 0 unspecified atom stereocenters. The monoisotopic (exact) mass is 710 g/mol. The molecule has 4 heteroatoms. The molecule has 55 heavy (non-hydrogen) atoms. The van der Waals surface area contributed by atoms with Crippen LogP contribution in [0.2, 0.25) is 0 Å². The summed E-state index contributed by atoms with van der Waals surface area (Å²) in [6.07, 6.45) is 0. The zero-order valence-corrected chi connectivity index (χ0v) is 31.6. The van der Waals surface area contributed by atoms with E-state index in [1.54, 1.807) is 0 Å². The largest absolute Gasteiger partial charge is 0.310 e. The summed E-state index contributed by atoms with van der Waals surface area (Å²) in [4.78, 5) is 2.34. The number of benzene rings is 7. The van der Waals surface area contributed by atoms with E-state index in [1.165, 1.54) is 60.7 Å². The summed E-state index contributed by atoms with van der Waals surface area (Å²) in [6.45, 7) is 8.71. The number of anilines is 3. The van der Waals surface area contributed by atoms with Gasteiger partial charge in [0.25, 0.3) is 0 Å². The van der Waals surface area contributed by atoms with Crippen molar-refractivity contribution in [2.45, 2.75) is 33.1 Å². The zero-order valence-electron chi connectivity index (χ0n) is 31.6. The van der Waals surface area contributed by atoms with E-state index in [1.807, 2.05) is 13.8 Å². The minimum absolute atomic E-state index is 0.101. The number of hydrogen-bond acceptors (Lipinski definition) is 1. The fourth-order valence-electron chi connectivity index (χ4n) is 8.96. The number of fused-ring (bicyclic) bond motifs is 10. The van der Waals surface area contributed by atoms with Crippen LogP contribution in [0, 0.1) is 0 Å². The van der Waals surface area contributed by atoms with Gasteiger partial charge < -0.3 is 9.47 Å². The Labute approximate surface area is 321 Å². The van der Waals surface area contributed by atoms with Gasteiger partial charge in [-0.2, -0.15) is 0 Å². The number of nitrogens with zero attached hydrogens (tertiary/aromatic N) is 4. The number of para-hydroxylation sites is 5. The van der Waals surface area contributed by atoms with E-state index in [-0.39, 0.29) is 5.41 Å². The molecule has 0 bridgehead atoms. The van der Waals surface area contributed by atoms with E-state index in [0.29, 0.717) is 0 Å². The van der Waals surface area contributed by atoms with Crippen LogP contribution in [0.25, 0.3) is 60.8 Å². The number of aromatic nitrogens is 3. The fraction of sp³-hybridized carbons (Fsp3) is 0.0980. The van der Waals surface area contributed by atoms with Gasteiger partial charge in [-0.3, -0.25) is 9.13 Å². The first-order valence-electron chi connectivity index (χ1n) is 19.4. The molecule has 0 atom stereocenters. The van der Waals surface area contributed by atoms with Crippen molar-refractivity contribution in [1.29, 1.82) is 0 Å². The van der Waals surface area contributed by atoms with Crippen LogP contribution in [0.3, 0.4) is 0 Å². The molecule has 0 fully saturated rings. The maximum Gasteiger partial charge on any atom is 0.130 e. The predicted octanol–water partition coefficient (Wildman–Crippen LogP) is 13.8. The Morgan fingerprint density at radius 3 is 1.67 bits per heavy atom. The van der Waals surface area contributed by atoms with Crippen LogP contribution in [0.4, 0.5) is 17.1 Å². The van der Waals surface area contributed by atoms with Gasteiger partial charge in [-0.25, -0.2) is 0 Å². The SMILES string of the molecule is CC.CC1(C)c2ccccc2-n2c1cc1c3ccccc3n(-c3ccc4c5ccc(N(c6ccccc6)c6ccccc6)cc5n(-c5ccccc5)c4c3)c12. The quantitative estimate of drug-likeness (QED) is 0.174. The minimum atomic E-state index is -0.101. The van der Waals surface area contributed by atoms with Crippen molar-refractivity contribution in [2.24, 2.45) is 0 Å². The van der Waals surface area contributed by atoms with Crippen LogP contribution in [0.5, 0.6) is 0 Å². The van der Waals surface area contributed by atoms with Crippen molar-refractivity contribution in [3.8, 4) is 17.1 Å². The van der Waals surface area contributed by atoms with Crippen molar-refractivity contribution < 1.29 is 0 Å². The molecule has 0 amide bonds. The third-order valence-electron chi connectivity index (χ3n) is 11.4. The minimum Gasteiger partial charge on any atom is -0.310 e. The lowest BCUT2D eigenvalue weighted by molar-refractivity contribution is 0.644. The van der Waals surface area contributed by atoms with Crippen molar-refractivity contribution in [3.63, 3.8) is 0 Å². The van der Waals surface area contributed by atoms with Crippen LogP contribution < -0.4 is 4.90 Å². The fourth-order valence-corrected chi connectivity index (χ4v) is 8.96. The molecule has 4 heterocycles. The number of hydrogen-bond donors (Lipinski definition) is 0. The first kappa shape index (κ1) is 32.8. The average Bonchev–Trinajstić information content (AvgIpc) is 3.94. The molecule has 1 aliphatic rings. The molecule has 1 aliphatic heterocycles. The summed E-state index contributed by atoms with van der Waals surface area (Å²) < 4.78 is 7.43. The van der Waals surface area contributed by atoms with Crippen LogP contribution in [-0.4, -0.2) is 13.7 Å². The van der Waals surface area contributed by atoms with E-state index >= 15 is 0 Å². The van der Waals surface area contributed by atoms with Crippen molar-refractivity contribution in [3.05, 3.63) is 193 Å². The molecule has 0 aliphatic carbocycles. The summed E-state index contributed by atoms with van der Waals surface area (Å²) in [5, 5.41) is 5.01. The highest BCUT2D eigenvalue weighted by atomic mass is 15.2. The molecule has 0 N–H and O–H groups in total. The molecule has 0 radical (unpaired) electrons. The molecule has 11 rings (SSSR count). The Morgan fingerprint density at radius 1 is 0.400 bits per heavy atom. The average molecular weight is 711 g/mol. The van der Waals surface area contributed by atoms with Crippen LogP contribution in [-0.2, 0) is 5.41 Å². The summed E-state index contributed by atoms with van der Waals surface area (Å²) in [6, 6.07) is 66.2. The van der Waals surface area contributed by atoms with Gasteiger partial charge >= 0.3 is 0 Å². The maximum absolute atomic E-state index is 2.51. The van der Waals surface area contributed by atoms with E-state index in [2.05, 4.69) is 214 Å². The Kier molecular flexibility index (Phi) is 7.57. The van der Waals surface area contributed by atoms with Gasteiger partial charge in [0.15, 0.2) is 0 Å². The Morgan fingerprint density at radius 2 is 0.964 bits per heavy atom. The topological polar surface area (TPSA) is 18.0 Å². The predicted molar refractivity (Wildman–Crippen MR) is 233 cm³/mol. The lowest BCUT2D eigenvalue weighted by Crippen LogP contribution is -2.15. The molecule has 0 saturated heterocycles. The van der Waals surface area contributed by atoms with E-state index in [0.717, 1.165) is 28.4 Å². The van der Waals surface area contributed by atoms with Gasteiger partial charge in [0, 0.05) is 61.1 Å². The molecular formula is C51H42N4. The first-order chi connectivity index (χ1) is 27.1. The van der Waals surface area contributed by atoms with Gasteiger partial charge in [-0.15, -0.1) is 0 Å². The van der Waals surface area contributed by atoms with E-state index in [4.69, 9.17) is 0 Å². The lowest BCUT2D eigenvalue weighted by Gasteiger charge is -2.25. The van der Waals surface area contributed by atoms with Gasteiger partial charge in [-0.1, -0.05) is 131 Å². The summed E-state index contributed by atoms with van der Waals surface area (Å²) >= 11 is 0. The van der Waals surface area contributed by atoms with Crippen LogP contribution in [0.1, 0.15) is 39.0 Å². The molecular weight excluding hydrogens is 669 g/mol. The van der Waals surface area contributed by atoms with Gasteiger partial charge in [0.1, 0.15) is 5.65 Å². The third-order valence-corrected chi connectivity index (χ3v) is 11.4. The van der Waals surface area contributed by atoms with Gasteiger partial charge in [0.2, 0.25) is 0 Å². The van der Waals surface area contributed by atoms with Crippen LogP contribution in [0.15, 0.2) is 182 Å². The summed E-state index contributed by atoms with van der Waals surface area (Å²) in [7, 11) is 0. The van der Waals surface area contributed by atoms with E-state index < -0.39 is 0 Å². The molecule has 3 aromatic heterocycles. The molecule has 4 nitrogen and oxygen atoms in total. The second kappa shape index (κ2) is 12.7. The highest BCUT2D eigenvalue weighted by molar-refractivity contribution is 6.13. The number of rotatable bonds is 5. The highest BCUT2D eigenvalue weighted by Gasteiger charge is 2.38. The van der Waals surface area contributed by atoms with Gasteiger partial charge in [0.05, 0.1) is 22.2 Å². The Balaban J connectivity index is 0.00000183. The first-order valence-corrected chi connectivity index (χ1v) is 19.4. The third kappa shape index (κ3) is 4.84. The molecule has 0 spiro atoms. The van der Waals surface area contributed by atoms with Crippen LogP contribution >= 0.6 is 0 Å². The highest BCUT2D eigenvalue weighted by Crippen LogP contribution is 2.48. The second-order valence-electron chi connectivity index (χ2n) is 14.7. The smallest absolute Gasteiger partial charge is 0.130 e. The second-order valence-corrected chi connectivity index (χ2v) is 14.7. The Hall–Kier alpha value is -6.78. The molecule has 7 aromatic carbocycles. The normalized spacial score (nSPS) is 12.9. The van der Waals surface area contributed by atoms with Gasteiger partial charge in [-0.05, 0) is 84.4 Å². The molecule has 266 valence electrons. The summed E-state index contributed by atoms with van der Waals surface area (Å²) in [5.41, 5.74) is 14.2. The summed E-state index contributed by atoms with van der Waals surface area (Å²) in [5.74, 6) is 0. The molecule has 10 aromatic rings.